The molecule has 2 heterocycles. The second-order valence-corrected chi connectivity index (χ2v) is 6.49. The lowest BCUT2D eigenvalue weighted by Crippen LogP contribution is -2.10. The van der Waals surface area contributed by atoms with Crippen LogP contribution >= 0.6 is 0 Å². The first kappa shape index (κ1) is 20.5. The monoisotopic (exact) mass is 404 g/mol. The van der Waals surface area contributed by atoms with Crippen LogP contribution in [0.25, 0.3) is 0 Å². The number of nitro groups is 2. The minimum atomic E-state index is -0.418. The van der Waals surface area contributed by atoms with Crippen LogP contribution in [0, 0.1) is 20.2 Å². The first-order chi connectivity index (χ1) is 14.5. The molecule has 4 rings (SSSR count). The lowest BCUT2D eigenvalue weighted by molar-refractivity contribution is -0.543. The van der Waals surface area contributed by atoms with Crippen molar-refractivity contribution in [3.05, 3.63) is 140 Å². The summed E-state index contributed by atoms with van der Waals surface area (Å²) in [5.41, 5.74) is 3.51. The van der Waals surface area contributed by atoms with Crippen molar-refractivity contribution >= 4 is 0 Å². The zero-order valence-electron chi connectivity index (χ0n) is 16.1. The normalized spacial score (nSPS) is 10.1. The molecule has 0 N–H and O–H groups in total. The van der Waals surface area contributed by atoms with Crippen molar-refractivity contribution in [3.8, 4) is 0 Å². The molecule has 0 spiro atoms. The molecular formula is C22H20N4O4. The summed E-state index contributed by atoms with van der Waals surface area (Å²) in [6, 6.07) is 26.3. The van der Waals surface area contributed by atoms with Gasteiger partial charge in [0.2, 0.25) is 0 Å². The highest BCUT2D eigenvalue weighted by molar-refractivity contribution is 5.23. The molecular weight excluding hydrogens is 384 g/mol. The van der Waals surface area contributed by atoms with Gasteiger partial charge in [-0.25, -0.2) is 20.2 Å². The number of aromatic nitrogens is 2. The predicted octanol–water partition coefficient (Wildman–Crippen LogP) is 4.24. The van der Waals surface area contributed by atoms with Gasteiger partial charge >= 0.3 is 0 Å². The van der Waals surface area contributed by atoms with E-state index in [2.05, 4.69) is 0 Å². The van der Waals surface area contributed by atoms with Crippen molar-refractivity contribution < 1.29 is 10.1 Å². The van der Waals surface area contributed by atoms with Gasteiger partial charge in [-0.1, -0.05) is 70.0 Å². The van der Waals surface area contributed by atoms with Crippen molar-refractivity contribution in [2.24, 2.45) is 0 Å². The molecule has 0 unspecified atom stereocenters. The Morgan fingerprint density at radius 3 is 1.27 bits per heavy atom. The topological polar surface area (TPSA) is 96.1 Å². The first-order valence-electron chi connectivity index (χ1n) is 9.24. The van der Waals surface area contributed by atoms with E-state index in [-0.39, 0.29) is 0 Å². The standard InChI is InChI=1S/2C11H10N2O2/c2*14-13(15)12-8-4-7-11(12)9-10-5-2-1-3-6-10/h2*1-8H,9H2. The average molecular weight is 404 g/mol. The summed E-state index contributed by atoms with van der Waals surface area (Å²) in [6.07, 6.45) is 4.07. The van der Waals surface area contributed by atoms with Crippen LogP contribution in [0.1, 0.15) is 22.5 Å². The molecule has 0 radical (unpaired) electrons. The summed E-state index contributed by atoms with van der Waals surface area (Å²) in [5.74, 6) is 0. The Bertz CT molecular complexity index is 1010. The van der Waals surface area contributed by atoms with Gasteiger partial charge in [0.25, 0.3) is 0 Å². The van der Waals surface area contributed by atoms with Crippen LogP contribution < -0.4 is 0 Å². The van der Waals surface area contributed by atoms with Gasteiger partial charge in [-0.05, 0) is 35.4 Å². The van der Waals surface area contributed by atoms with Crippen LogP contribution in [0.15, 0.2) is 97.3 Å². The highest BCUT2D eigenvalue weighted by Crippen LogP contribution is 2.10. The quantitative estimate of drug-likeness (QED) is 0.355. The van der Waals surface area contributed by atoms with Crippen LogP contribution in [0.5, 0.6) is 0 Å². The summed E-state index contributed by atoms with van der Waals surface area (Å²) in [7, 11) is 0. The van der Waals surface area contributed by atoms with Crippen LogP contribution in [0.3, 0.4) is 0 Å². The van der Waals surface area contributed by atoms with Crippen molar-refractivity contribution in [1.82, 2.24) is 9.35 Å². The molecule has 0 aliphatic rings. The third kappa shape index (κ3) is 5.41. The zero-order chi connectivity index (χ0) is 21.3. The maximum Gasteiger partial charge on any atom is 0.169 e. The molecule has 0 fully saturated rings. The van der Waals surface area contributed by atoms with E-state index in [4.69, 9.17) is 0 Å². The van der Waals surface area contributed by atoms with Gasteiger partial charge in [0.1, 0.15) is 0 Å². The number of hydrogen-bond acceptors (Lipinski definition) is 4. The van der Waals surface area contributed by atoms with Gasteiger partial charge in [0.15, 0.2) is 10.1 Å². The molecule has 4 aromatic rings. The van der Waals surface area contributed by atoms with Crippen molar-refractivity contribution in [1.29, 1.82) is 0 Å². The molecule has 0 aliphatic heterocycles. The van der Waals surface area contributed by atoms with E-state index >= 15 is 0 Å². The number of nitrogens with zero attached hydrogens (tertiary/aromatic N) is 4. The minimum Gasteiger partial charge on any atom is -0.234 e. The fourth-order valence-corrected chi connectivity index (χ4v) is 3.02. The maximum atomic E-state index is 10.6. The van der Waals surface area contributed by atoms with E-state index in [1.807, 2.05) is 60.7 Å². The van der Waals surface area contributed by atoms with Crippen molar-refractivity contribution in [3.63, 3.8) is 0 Å². The van der Waals surface area contributed by atoms with Gasteiger partial charge in [-0.15, -0.1) is 0 Å². The predicted molar refractivity (Wildman–Crippen MR) is 112 cm³/mol. The molecule has 152 valence electrons. The molecule has 0 saturated carbocycles. The van der Waals surface area contributed by atoms with Gasteiger partial charge in [0.05, 0.1) is 23.8 Å². The fourth-order valence-electron chi connectivity index (χ4n) is 3.02. The van der Waals surface area contributed by atoms with E-state index in [0.717, 1.165) is 20.5 Å². The van der Waals surface area contributed by atoms with E-state index < -0.39 is 10.1 Å². The molecule has 0 bridgehead atoms. The Hall–Kier alpha value is -4.20. The Kier molecular flexibility index (Phi) is 6.73. The first-order valence-corrected chi connectivity index (χ1v) is 9.24. The summed E-state index contributed by atoms with van der Waals surface area (Å²) >= 11 is 0. The number of rotatable bonds is 6. The van der Waals surface area contributed by atoms with Crippen LogP contribution in [0.2, 0.25) is 0 Å². The zero-order valence-corrected chi connectivity index (χ0v) is 16.1. The lowest BCUT2D eigenvalue weighted by atomic mass is 10.1. The van der Waals surface area contributed by atoms with Crippen LogP contribution in [0.4, 0.5) is 0 Å². The van der Waals surface area contributed by atoms with Crippen LogP contribution in [-0.4, -0.2) is 19.4 Å². The molecule has 8 nitrogen and oxygen atoms in total. The number of benzene rings is 2. The Morgan fingerprint density at radius 1 is 0.567 bits per heavy atom. The van der Waals surface area contributed by atoms with E-state index in [1.54, 1.807) is 24.3 Å². The second-order valence-electron chi connectivity index (χ2n) is 6.49. The smallest absolute Gasteiger partial charge is 0.169 e. The molecule has 8 heteroatoms. The summed E-state index contributed by atoms with van der Waals surface area (Å²) < 4.78 is 2.10. The summed E-state index contributed by atoms with van der Waals surface area (Å²) in [5, 5.41) is 20.4. The molecule has 0 aliphatic carbocycles. The summed E-state index contributed by atoms with van der Waals surface area (Å²) in [4.78, 5) is 21.3. The number of hydrogen-bond donors (Lipinski definition) is 0. The molecule has 0 saturated heterocycles. The highest BCUT2D eigenvalue weighted by Gasteiger charge is 2.09. The molecule has 0 amide bonds. The average Bonchev–Trinajstić information content (AvgIpc) is 3.40. The maximum absolute atomic E-state index is 10.6. The SMILES string of the molecule is O=[N+]([O-])n1cccc1Cc1ccccc1.O=[N+]([O-])n1cccc1Cc1ccccc1. The van der Waals surface area contributed by atoms with E-state index in [1.165, 1.54) is 12.4 Å². The highest BCUT2D eigenvalue weighted by atomic mass is 16.7. The largest absolute Gasteiger partial charge is 0.234 e. The lowest BCUT2D eigenvalue weighted by Gasteiger charge is -2.00. The Labute approximate surface area is 172 Å². The molecule has 30 heavy (non-hydrogen) atoms. The molecule has 2 aromatic carbocycles. The molecule has 0 atom stereocenters. The third-order valence-electron chi connectivity index (χ3n) is 4.43. The summed E-state index contributed by atoms with van der Waals surface area (Å²) in [6.45, 7) is 0. The minimum absolute atomic E-state index is 0.418. The molecule has 2 aromatic heterocycles. The van der Waals surface area contributed by atoms with Crippen molar-refractivity contribution in [2.45, 2.75) is 12.8 Å². The Balaban J connectivity index is 0.000000171. The van der Waals surface area contributed by atoms with Gasteiger partial charge in [-0.3, -0.25) is 0 Å². The van der Waals surface area contributed by atoms with Crippen molar-refractivity contribution in [2.75, 3.05) is 0 Å². The second kappa shape index (κ2) is 9.83. The Morgan fingerprint density at radius 2 is 0.933 bits per heavy atom. The fraction of sp³-hybridized carbons (Fsp3) is 0.0909. The van der Waals surface area contributed by atoms with Crippen LogP contribution in [-0.2, 0) is 12.8 Å². The van der Waals surface area contributed by atoms with E-state index in [9.17, 15) is 20.2 Å². The van der Waals surface area contributed by atoms with E-state index in [0.29, 0.717) is 24.2 Å². The van der Waals surface area contributed by atoms with Gasteiger partial charge in [-0.2, -0.15) is 0 Å². The van der Waals surface area contributed by atoms with Gasteiger partial charge < -0.3 is 0 Å². The third-order valence-corrected chi connectivity index (χ3v) is 4.43. The van der Waals surface area contributed by atoms with Gasteiger partial charge in [0, 0.05) is 12.8 Å².